The lowest BCUT2D eigenvalue weighted by Gasteiger charge is -2.38. The summed E-state index contributed by atoms with van der Waals surface area (Å²) < 4.78 is 63.6. The highest BCUT2D eigenvalue weighted by Crippen LogP contribution is 2.57. The van der Waals surface area contributed by atoms with Crippen LogP contribution in [0, 0.1) is 11.6 Å². The molecule has 5 nitrogen and oxygen atoms in total. The normalized spacial score (nSPS) is 22.7. The van der Waals surface area contributed by atoms with E-state index in [1.54, 1.807) is 5.38 Å². The first kappa shape index (κ1) is 18.6. The maximum Gasteiger partial charge on any atom is 0.338 e. The molecular weight excluding hydrogens is 398 g/mol. The summed E-state index contributed by atoms with van der Waals surface area (Å²) in [5, 5.41) is 4.76. The number of esters is 1. The molecule has 1 aliphatic heterocycles. The third-order valence-electron chi connectivity index (χ3n) is 4.86. The number of carbonyl (C=O) groups excluding carboxylic acids is 1. The van der Waals surface area contributed by atoms with Gasteiger partial charge in [-0.25, -0.2) is 32.3 Å². The summed E-state index contributed by atoms with van der Waals surface area (Å²) in [6.45, 7) is 1.42. The number of benzene rings is 1. The number of ether oxygens (including phenoxy) is 1. The van der Waals surface area contributed by atoms with Crippen LogP contribution in [0.1, 0.15) is 23.1 Å². The van der Waals surface area contributed by atoms with Crippen LogP contribution < -0.4 is 5.32 Å². The molecule has 1 N–H and O–H groups in total. The minimum Gasteiger partial charge on any atom is -0.466 e. The summed E-state index contributed by atoms with van der Waals surface area (Å²) in [5.41, 5.74) is -3.72. The molecule has 0 fully saturated rings. The van der Waals surface area contributed by atoms with E-state index in [0.717, 1.165) is 30.6 Å². The summed E-state index contributed by atoms with van der Waals surface area (Å²) in [6.07, 6.45) is 0.371. The van der Waals surface area contributed by atoms with E-state index in [9.17, 15) is 13.6 Å². The standard InChI is InChI=1S/C18H13F4N3O2S/c1-8-12(16(26)27-2)18(25-14(24-8)15-23-5-6-28-15)10-3-4-11(19)13(20)9(10)7-17(18,21)22/h3-6H,7H2,1-2H3,(H,24,25). The maximum atomic E-state index is 15.4. The van der Waals surface area contributed by atoms with Crippen molar-refractivity contribution in [2.45, 2.75) is 24.8 Å². The van der Waals surface area contributed by atoms with Gasteiger partial charge in [0.25, 0.3) is 5.92 Å². The number of aliphatic imine (C=N–C) groups is 1. The van der Waals surface area contributed by atoms with Crippen molar-refractivity contribution in [1.29, 1.82) is 0 Å². The fourth-order valence-electron chi connectivity index (χ4n) is 3.72. The Morgan fingerprint density at radius 2 is 2.07 bits per heavy atom. The smallest absolute Gasteiger partial charge is 0.338 e. The zero-order chi connectivity index (χ0) is 20.3. The fourth-order valence-corrected chi connectivity index (χ4v) is 4.30. The molecule has 0 bridgehead atoms. The van der Waals surface area contributed by atoms with E-state index in [2.05, 4.69) is 15.3 Å². The van der Waals surface area contributed by atoms with Crippen LogP contribution in [-0.4, -0.2) is 29.8 Å². The van der Waals surface area contributed by atoms with Gasteiger partial charge in [0.2, 0.25) is 0 Å². The van der Waals surface area contributed by atoms with E-state index in [1.165, 1.54) is 13.1 Å². The zero-order valence-electron chi connectivity index (χ0n) is 14.6. The monoisotopic (exact) mass is 411 g/mol. The highest BCUT2D eigenvalue weighted by molar-refractivity contribution is 7.11. The van der Waals surface area contributed by atoms with Crippen LogP contribution in [0.3, 0.4) is 0 Å². The summed E-state index contributed by atoms with van der Waals surface area (Å²) in [5.74, 6) is -7.36. The van der Waals surface area contributed by atoms with Crippen molar-refractivity contribution >= 4 is 23.1 Å². The van der Waals surface area contributed by atoms with Gasteiger partial charge in [0.1, 0.15) is 0 Å². The molecule has 1 aromatic heterocycles. The number of allylic oxidation sites excluding steroid dienone is 1. The van der Waals surface area contributed by atoms with Gasteiger partial charge in [-0.15, -0.1) is 11.3 Å². The molecule has 2 aliphatic rings. The molecule has 1 aromatic carbocycles. The lowest BCUT2D eigenvalue weighted by atomic mass is 9.79. The molecule has 1 atom stereocenters. The number of nitrogens with zero attached hydrogens (tertiary/aromatic N) is 2. The summed E-state index contributed by atoms with van der Waals surface area (Å²) in [7, 11) is 1.05. The second-order valence-electron chi connectivity index (χ2n) is 6.39. The Balaban J connectivity index is 2.08. The number of hydrogen-bond donors (Lipinski definition) is 1. The lowest BCUT2D eigenvalue weighted by molar-refractivity contribution is -0.140. The van der Waals surface area contributed by atoms with E-state index < -0.39 is 46.6 Å². The number of nitrogens with one attached hydrogen (secondary N) is 1. The second kappa shape index (κ2) is 6.13. The molecule has 2 heterocycles. The van der Waals surface area contributed by atoms with E-state index in [-0.39, 0.29) is 17.1 Å². The van der Waals surface area contributed by atoms with Crippen molar-refractivity contribution in [2.75, 3.05) is 7.11 Å². The largest absolute Gasteiger partial charge is 0.466 e. The summed E-state index contributed by atoms with van der Waals surface area (Å²) >= 11 is 1.15. The molecule has 0 saturated heterocycles. The van der Waals surface area contributed by atoms with Crippen molar-refractivity contribution in [3.05, 3.63) is 62.7 Å². The Morgan fingerprint density at radius 1 is 1.32 bits per heavy atom. The average molecular weight is 411 g/mol. The maximum absolute atomic E-state index is 15.4. The number of alkyl halides is 2. The van der Waals surface area contributed by atoms with Crippen LogP contribution in [0.4, 0.5) is 17.6 Å². The SMILES string of the molecule is COC(=O)C1=C(C)NC(c2nccs2)=NC12c1ccc(F)c(F)c1CC2(F)F. The molecule has 28 heavy (non-hydrogen) atoms. The quantitative estimate of drug-likeness (QED) is 0.609. The van der Waals surface area contributed by atoms with Gasteiger partial charge in [-0.3, -0.25) is 0 Å². The minimum atomic E-state index is -3.71. The van der Waals surface area contributed by atoms with Gasteiger partial charge < -0.3 is 10.1 Å². The number of rotatable bonds is 2. The Labute approximate surface area is 160 Å². The van der Waals surface area contributed by atoms with Gasteiger partial charge in [-0.2, -0.15) is 0 Å². The topological polar surface area (TPSA) is 63.6 Å². The van der Waals surface area contributed by atoms with Crippen molar-refractivity contribution in [3.63, 3.8) is 0 Å². The molecule has 1 unspecified atom stereocenters. The molecule has 2 aromatic rings. The van der Waals surface area contributed by atoms with Crippen LogP contribution >= 0.6 is 11.3 Å². The van der Waals surface area contributed by atoms with E-state index in [4.69, 9.17) is 4.74 Å². The number of aromatic nitrogens is 1. The van der Waals surface area contributed by atoms with Crippen molar-refractivity contribution in [1.82, 2.24) is 10.3 Å². The van der Waals surface area contributed by atoms with E-state index in [0.29, 0.717) is 5.01 Å². The number of amidine groups is 1. The highest BCUT2D eigenvalue weighted by Gasteiger charge is 2.67. The molecular formula is C18H13F4N3O2S. The summed E-state index contributed by atoms with van der Waals surface area (Å²) in [6, 6.07) is 1.79. The number of methoxy groups -OCH3 is 1. The number of thiazole rings is 1. The van der Waals surface area contributed by atoms with E-state index in [1.807, 2.05) is 0 Å². The first-order chi connectivity index (χ1) is 13.2. The fraction of sp³-hybridized carbons (Fsp3) is 0.278. The van der Waals surface area contributed by atoms with Gasteiger partial charge in [0.05, 0.1) is 12.7 Å². The minimum absolute atomic E-state index is 0.0115. The molecule has 0 radical (unpaired) electrons. The lowest BCUT2D eigenvalue weighted by Crippen LogP contribution is -2.50. The average Bonchev–Trinajstić information content (AvgIpc) is 3.25. The number of halogens is 4. The van der Waals surface area contributed by atoms with Gasteiger partial charge in [-0.1, -0.05) is 6.07 Å². The Hall–Kier alpha value is -2.75. The molecule has 1 spiro atoms. The molecule has 4 rings (SSSR count). The Morgan fingerprint density at radius 3 is 2.71 bits per heavy atom. The van der Waals surface area contributed by atoms with Gasteiger partial charge in [0.15, 0.2) is 28.0 Å². The molecule has 0 saturated carbocycles. The van der Waals surface area contributed by atoms with Gasteiger partial charge in [-0.05, 0) is 18.6 Å². The highest BCUT2D eigenvalue weighted by atomic mass is 32.1. The Kier molecular flexibility index (Phi) is 4.07. The van der Waals surface area contributed by atoms with Crippen LogP contribution in [-0.2, 0) is 21.5 Å². The van der Waals surface area contributed by atoms with Crippen LogP contribution in [0.25, 0.3) is 0 Å². The molecule has 146 valence electrons. The molecule has 1 aliphatic carbocycles. The number of hydrogen-bond acceptors (Lipinski definition) is 6. The van der Waals surface area contributed by atoms with Crippen molar-refractivity contribution in [3.8, 4) is 0 Å². The predicted octanol–water partition coefficient (Wildman–Crippen LogP) is 3.31. The van der Waals surface area contributed by atoms with Crippen molar-refractivity contribution in [2.24, 2.45) is 4.99 Å². The third-order valence-corrected chi connectivity index (χ3v) is 5.64. The van der Waals surface area contributed by atoms with Crippen LogP contribution in [0.15, 0.2) is 40.0 Å². The number of fused-ring (bicyclic) bond motifs is 2. The van der Waals surface area contributed by atoms with Crippen LogP contribution in [0.2, 0.25) is 0 Å². The first-order valence-electron chi connectivity index (χ1n) is 8.14. The van der Waals surface area contributed by atoms with Gasteiger partial charge >= 0.3 is 5.97 Å². The zero-order valence-corrected chi connectivity index (χ0v) is 15.5. The van der Waals surface area contributed by atoms with Crippen LogP contribution in [0.5, 0.6) is 0 Å². The first-order valence-corrected chi connectivity index (χ1v) is 9.02. The predicted molar refractivity (Wildman–Crippen MR) is 93.2 cm³/mol. The molecule has 0 amide bonds. The van der Waals surface area contributed by atoms with E-state index >= 15 is 8.78 Å². The Bertz CT molecular complexity index is 1050. The van der Waals surface area contributed by atoms with Crippen molar-refractivity contribution < 1.29 is 27.1 Å². The second-order valence-corrected chi connectivity index (χ2v) is 7.29. The third kappa shape index (κ3) is 2.33. The molecule has 10 heteroatoms. The van der Waals surface area contributed by atoms with Gasteiger partial charge in [0, 0.05) is 29.3 Å². The number of carbonyl (C=O) groups is 1. The summed E-state index contributed by atoms with van der Waals surface area (Å²) in [4.78, 5) is 20.7.